The lowest BCUT2D eigenvalue weighted by Crippen LogP contribution is -2.45. The van der Waals surface area contributed by atoms with Crippen LogP contribution in [0.15, 0.2) is 60.7 Å². The van der Waals surface area contributed by atoms with Gasteiger partial charge in [-0.1, -0.05) is 41.5 Å². The maximum Gasteiger partial charge on any atom is 0.187 e. The predicted octanol–water partition coefficient (Wildman–Crippen LogP) is 5.51. The first kappa shape index (κ1) is 27.1. The molecule has 0 radical (unpaired) electrons. The number of halogens is 1. The predicted molar refractivity (Wildman–Crippen MR) is 161 cm³/mol. The van der Waals surface area contributed by atoms with E-state index in [1.165, 1.54) is 17.2 Å². The smallest absolute Gasteiger partial charge is 0.187 e. The average molecular weight is 527 g/mol. The molecule has 3 aromatic carbocycles. The van der Waals surface area contributed by atoms with Gasteiger partial charge in [0.05, 0.1) is 0 Å². The maximum absolute atomic E-state index is 15.1. The fraction of sp³-hybridized carbons (Fsp3) is 0.364. The monoisotopic (exact) mass is 526 g/mol. The van der Waals surface area contributed by atoms with Crippen LogP contribution in [0, 0.1) is 19.7 Å². The van der Waals surface area contributed by atoms with Crippen molar-refractivity contribution in [3.05, 3.63) is 88.7 Å². The van der Waals surface area contributed by atoms with Gasteiger partial charge in [0.2, 0.25) is 0 Å². The molecule has 0 bridgehead atoms. The van der Waals surface area contributed by atoms with Gasteiger partial charge in [0.15, 0.2) is 5.78 Å². The highest BCUT2D eigenvalue weighted by Crippen LogP contribution is 2.31. The van der Waals surface area contributed by atoms with Crippen molar-refractivity contribution in [2.75, 3.05) is 76.3 Å². The Labute approximate surface area is 232 Å². The Balaban J connectivity index is 1.50. The van der Waals surface area contributed by atoms with E-state index < -0.39 is 0 Å². The molecule has 204 valence electrons. The summed E-state index contributed by atoms with van der Waals surface area (Å²) in [5.41, 5.74) is 7.41. The molecule has 5 nitrogen and oxygen atoms in total. The molecule has 2 saturated heterocycles. The summed E-state index contributed by atoms with van der Waals surface area (Å²) < 4.78 is 15.1. The van der Waals surface area contributed by atoms with E-state index in [0.29, 0.717) is 11.1 Å². The van der Waals surface area contributed by atoms with E-state index in [2.05, 4.69) is 77.9 Å². The molecular weight excluding hydrogens is 487 g/mol. The van der Waals surface area contributed by atoms with Crippen molar-refractivity contribution >= 4 is 23.2 Å². The minimum atomic E-state index is -0.307. The second kappa shape index (κ2) is 11.7. The number of hydrogen-bond donors (Lipinski definition) is 0. The zero-order valence-corrected chi connectivity index (χ0v) is 23.6. The average Bonchev–Trinajstić information content (AvgIpc) is 2.92. The molecule has 2 aliphatic heterocycles. The molecule has 0 aromatic heterocycles. The van der Waals surface area contributed by atoms with Crippen molar-refractivity contribution in [1.29, 1.82) is 0 Å². The van der Waals surface area contributed by atoms with Gasteiger partial charge in [-0.3, -0.25) is 4.79 Å². The van der Waals surface area contributed by atoms with Crippen LogP contribution in [0.25, 0.3) is 17.2 Å². The number of benzene rings is 3. The van der Waals surface area contributed by atoms with Crippen LogP contribution in [0.3, 0.4) is 0 Å². The highest BCUT2D eigenvalue weighted by molar-refractivity contribution is 6.11. The molecule has 0 saturated carbocycles. The first-order valence-corrected chi connectivity index (χ1v) is 13.9. The van der Waals surface area contributed by atoms with Crippen molar-refractivity contribution in [2.45, 2.75) is 13.8 Å². The standard InChI is InChI=1S/C33H39FN4O/c1-24-20-25(2)22-27(21-24)26-8-10-32(38-18-14-36(4)15-19-38)29(23-26)33(39)11-9-28-30(34)6-5-7-31(28)37-16-12-35(3)13-17-37/h5-11,20-23H,12-19H2,1-4H3. The maximum atomic E-state index is 15.1. The van der Waals surface area contributed by atoms with Crippen molar-refractivity contribution in [2.24, 2.45) is 0 Å². The van der Waals surface area contributed by atoms with Gasteiger partial charge in [-0.05, 0) is 75.5 Å². The first-order valence-electron chi connectivity index (χ1n) is 13.9. The van der Waals surface area contributed by atoms with Crippen LogP contribution in [-0.4, -0.2) is 82.0 Å². The van der Waals surface area contributed by atoms with Gasteiger partial charge in [-0.25, -0.2) is 4.39 Å². The summed E-state index contributed by atoms with van der Waals surface area (Å²) in [6.45, 7) is 11.3. The summed E-state index contributed by atoms with van der Waals surface area (Å²) in [5.74, 6) is -0.415. The van der Waals surface area contributed by atoms with Crippen molar-refractivity contribution in [3.8, 4) is 11.1 Å². The third-order valence-electron chi connectivity index (χ3n) is 7.94. The van der Waals surface area contributed by atoms with Crippen LogP contribution in [0.5, 0.6) is 0 Å². The molecule has 2 aliphatic rings. The largest absolute Gasteiger partial charge is 0.368 e. The molecule has 0 N–H and O–H groups in total. The van der Waals surface area contributed by atoms with E-state index in [9.17, 15) is 4.79 Å². The normalized spacial score (nSPS) is 17.3. The third-order valence-corrected chi connectivity index (χ3v) is 7.94. The van der Waals surface area contributed by atoms with Crippen LogP contribution in [0.4, 0.5) is 15.8 Å². The number of aryl methyl sites for hydroxylation is 2. The third kappa shape index (κ3) is 6.23. The van der Waals surface area contributed by atoms with Gasteiger partial charge in [-0.15, -0.1) is 0 Å². The Kier molecular flexibility index (Phi) is 8.15. The Morgan fingerprint density at radius 2 is 1.31 bits per heavy atom. The van der Waals surface area contributed by atoms with E-state index in [4.69, 9.17) is 0 Å². The lowest BCUT2D eigenvalue weighted by molar-refractivity contribution is 0.104. The minimum Gasteiger partial charge on any atom is -0.368 e. The number of hydrogen-bond acceptors (Lipinski definition) is 5. The van der Waals surface area contributed by atoms with Crippen molar-refractivity contribution < 1.29 is 9.18 Å². The second-order valence-electron chi connectivity index (χ2n) is 11.1. The van der Waals surface area contributed by atoms with Crippen LogP contribution in [0.1, 0.15) is 27.0 Å². The van der Waals surface area contributed by atoms with Gasteiger partial charge in [0.1, 0.15) is 5.82 Å². The first-order chi connectivity index (χ1) is 18.8. The number of carbonyl (C=O) groups excluding carboxylic acids is 1. The molecule has 0 spiro atoms. The molecule has 0 unspecified atom stereocenters. The summed E-state index contributed by atoms with van der Waals surface area (Å²) in [5, 5.41) is 0. The summed E-state index contributed by atoms with van der Waals surface area (Å²) in [7, 11) is 4.23. The highest BCUT2D eigenvalue weighted by Gasteiger charge is 2.22. The van der Waals surface area contributed by atoms with Gasteiger partial charge in [0, 0.05) is 74.9 Å². The van der Waals surface area contributed by atoms with E-state index in [0.717, 1.165) is 74.9 Å². The zero-order chi connectivity index (χ0) is 27.5. The number of carbonyl (C=O) groups is 1. The Morgan fingerprint density at radius 1 is 0.718 bits per heavy atom. The summed E-state index contributed by atoms with van der Waals surface area (Å²) in [6.07, 6.45) is 3.22. The molecule has 39 heavy (non-hydrogen) atoms. The number of anilines is 2. The molecule has 0 amide bonds. The van der Waals surface area contributed by atoms with Gasteiger partial charge in [-0.2, -0.15) is 0 Å². The Morgan fingerprint density at radius 3 is 1.92 bits per heavy atom. The molecule has 5 rings (SSSR count). The SMILES string of the molecule is Cc1cc(C)cc(-c2ccc(N3CCN(C)CC3)c(C(=O)C=Cc3c(F)cccc3N3CCN(C)CC3)c2)c1. The highest BCUT2D eigenvalue weighted by atomic mass is 19.1. The Bertz CT molecular complexity index is 1350. The molecular formula is C33H39FN4O. The molecule has 2 fully saturated rings. The van der Waals surface area contributed by atoms with Crippen LogP contribution < -0.4 is 9.80 Å². The van der Waals surface area contributed by atoms with Crippen molar-refractivity contribution in [3.63, 3.8) is 0 Å². The summed E-state index contributed by atoms with van der Waals surface area (Å²) >= 11 is 0. The van der Waals surface area contributed by atoms with Crippen LogP contribution in [0.2, 0.25) is 0 Å². The topological polar surface area (TPSA) is 30.0 Å². The van der Waals surface area contributed by atoms with Gasteiger partial charge >= 0.3 is 0 Å². The van der Waals surface area contributed by atoms with E-state index >= 15 is 4.39 Å². The van der Waals surface area contributed by atoms with E-state index in [-0.39, 0.29) is 11.6 Å². The van der Waals surface area contributed by atoms with Gasteiger partial charge in [0.25, 0.3) is 0 Å². The Hall–Kier alpha value is -3.48. The number of nitrogens with zero attached hydrogens (tertiary/aromatic N) is 4. The minimum absolute atomic E-state index is 0.109. The number of ketones is 1. The van der Waals surface area contributed by atoms with Crippen LogP contribution >= 0.6 is 0 Å². The lowest BCUT2D eigenvalue weighted by Gasteiger charge is -2.35. The molecule has 6 heteroatoms. The number of rotatable bonds is 6. The number of piperazine rings is 2. The second-order valence-corrected chi connectivity index (χ2v) is 11.1. The quantitative estimate of drug-likeness (QED) is 0.312. The van der Waals surface area contributed by atoms with E-state index in [1.807, 2.05) is 12.1 Å². The molecule has 0 aliphatic carbocycles. The fourth-order valence-corrected chi connectivity index (χ4v) is 5.64. The number of likely N-dealkylation sites (N-methyl/N-ethyl adjacent to an activating group) is 2. The summed E-state index contributed by atoms with van der Waals surface area (Å²) in [4.78, 5) is 22.9. The zero-order valence-electron chi connectivity index (χ0n) is 23.6. The number of allylic oxidation sites excluding steroid dienone is 1. The summed E-state index contributed by atoms with van der Waals surface area (Å²) in [6, 6.07) is 17.9. The van der Waals surface area contributed by atoms with E-state index in [1.54, 1.807) is 18.2 Å². The van der Waals surface area contributed by atoms with Gasteiger partial charge < -0.3 is 19.6 Å². The fourth-order valence-electron chi connectivity index (χ4n) is 5.64. The van der Waals surface area contributed by atoms with Crippen molar-refractivity contribution in [1.82, 2.24) is 9.80 Å². The lowest BCUT2D eigenvalue weighted by atomic mass is 9.96. The van der Waals surface area contributed by atoms with Crippen LogP contribution in [-0.2, 0) is 0 Å². The molecule has 2 heterocycles. The molecule has 0 atom stereocenters. The molecule has 3 aromatic rings.